The van der Waals surface area contributed by atoms with Gasteiger partial charge in [-0.05, 0) is 63.2 Å². The second kappa shape index (κ2) is 9.52. The van der Waals surface area contributed by atoms with Crippen LogP contribution in [0.1, 0.15) is 43.8 Å². The van der Waals surface area contributed by atoms with E-state index in [9.17, 15) is 5.11 Å². The number of aliphatic hydroxyl groups excluding tert-OH is 1. The lowest BCUT2D eigenvalue weighted by Gasteiger charge is -2.33. The van der Waals surface area contributed by atoms with Crippen molar-refractivity contribution < 1.29 is 9.84 Å². The van der Waals surface area contributed by atoms with Gasteiger partial charge in [0, 0.05) is 19.7 Å². The summed E-state index contributed by atoms with van der Waals surface area (Å²) in [5.41, 5.74) is 1.02. The van der Waals surface area contributed by atoms with Crippen molar-refractivity contribution in [2.24, 2.45) is 5.92 Å². The minimum Gasteiger partial charge on any atom is -0.387 e. The SMILES string of the molecule is O[C@@H](CN1CCC(CNC[C@@H]2CCCCO2)CC1)c1ccccc1. The Labute approximate surface area is 146 Å². The first-order valence-electron chi connectivity index (χ1n) is 9.59. The second-order valence-corrected chi connectivity index (χ2v) is 7.32. The van der Waals surface area contributed by atoms with Crippen LogP contribution in [-0.2, 0) is 4.74 Å². The van der Waals surface area contributed by atoms with Crippen LogP contribution in [0.15, 0.2) is 30.3 Å². The number of likely N-dealkylation sites (tertiary alicyclic amines) is 1. The highest BCUT2D eigenvalue weighted by molar-refractivity contribution is 5.17. The summed E-state index contributed by atoms with van der Waals surface area (Å²) in [5.74, 6) is 0.763. The molecule has 2 saturated heterocycles. The maximum Gasteiger partial charge on any atom is 0.0916 e. The summed E-state index contributed by atoms with van der Waals surface area (Å²) >= 11 is 0. The van der Waals surface area contributed by atoms with Crippen LogP contribution in [0.5, 0.6) is 0 Å². The van der Waals surface area contributed by atoms with Crippen LogP contribution in [0.4, 0.5) is 0 Å². The number of piperidine rings is 1. The fourth-order valence-electron chi connectivity index (χ4n) is 3.82. The predicted octanol–water partition coefficient (Wildman–Crippen LogP) is 2.59. The van der Waals surface area contributed by atoms with Crippen molar-refractivity contribution in [2.45, 2.75) is 44.3 Å². The topological polar surface area (TPSA) is 44.7 Å². The van der Waals surface area contributed by atoms with Crippen LogP contribution in [0, 0.1) is 5.92 Å². The standard InChI is InChI=1S/C20H32N2O2/c23-20(18-6-2-1-3-7-18)16-22-11-9-17(10-12-22)14-21-15-19-8-4-5-13-24-19/h1-3,6-7,17,19-21,23H,4-5,8-16H2/t19-,20-/m0/s1. The lowest BCUT2D eigenvalue weighted by Crippen LogP contribution is -2.40. The van der Waals surface area contributed by atoms with Crippen molar-refractivity contribution in [1.82, 2.24) is 10.2 Å². The van der Waals surface area contributed by atoms with Gasteiger partial charge in [-0.3, -0.25) is 0 Å². The van der Waals surface area contributed by atoms with Gasteiger partial charge < -0.3 is 20.1 Å². The number of aliphatic hydroxyl groups is 1. The predicted molar refractivity (Wildman–Crippen MR) is 97.0 cm³/mol. The number of rotatable bonds is 7. The lowest BCUT2D eigenvalue weighted by molar-refractivity contribution is 0.0158. The third kappa shape index (κ3) is 5.55. The van der Waals surface area contributed by atoms with E-state index in [1.807, 2.05) is 30.3 Å². The number of nitrogens with zero attached hydrogens (tertiary/aromatic N) is 1. The molecule has 0 bridgehead atoms. The summed E-state index contributed by atoms with van der Waals surface area (Å²) in [6.07, 6.45) is 6.26. The molecule has 24 heavy (non-hydrogen) atoms. The molecule has 0 unspecified atom stereocenters. The Morgan fingerprint density at radius 3 is 2.58 bits per heavy atom. The van der Waals surface area contributed by atoms with Gasteiger partial charge in [0.25, 0.3) is 0 Å². The summed E-state index contributed by atoms with van der Waals surface area (Å²) in [6, 6.07) is 10.00. The number of hydrogen-bond acceptors (Lipinski definition) is 4. The molecule has 4 heteroatoms. The molecule has 0 amide bonds. The average Bonchev–Trinajstić information content (AvgIpc) is 2.65. The molecule has 4 nitrogen and oxygen atoms in total. The first-order valence-corrected chi connectivity index (χ1v) is 9.59. The normalized spacial score (nSPS) is 24.8. The molecule has 0 aromatic heterocycles. The fraction of sp³-hybridized carbons (Fsp3) is 0.700. The van der Waals surface area contributed by atoms with Crippen LogP contribution in [0.2, 0.25) is 0 Å². The number of nitrogens with one attached hydrogen (secondary N) is 1. The van der Waals surface area contributed by atoms with Gasteiger partial charge in [0.15, 0.2) is 0 Å². The van der Waals surface area contributed by atoms with Crippen molar-refractivity contribution >= 4 is 0 Å². The Morgan fingerprint density at radius 1 is 1.08 bits per heavy atom. The zero-order valence-corrected chi connectivity index (χ0v) is 14.7. The highest BCUT2D eigenvalue weighted by Crippen LogP contribution is 2.20. The van der Waals surface area contributed by atoms with Gasteiger partial charge in [0.2, 0.25) is 0 Å². The molecule has 2 heterocycles. The Kier molecular flexibility index (Phi) is 7.09. The third-order valence-corrected chi connectivity index (χ3v) is 5.40. The molecule has 134 valence electrons. The monoisotopic (exact) mass is 332 g/mol. The van der Waals surface area contributed by atoms with Gasteiger partial charge in [0.05, 0.1) is 12.2 Å². The first-order chi connectivity index (χ1) is 11.8. The molecule has 2 fully saturated rings. The van der Waals surface area contributed by atoms with E-state index >= 15 is 0 Å². The van der Waals surface area contributed by atoms with Gasteiger partial charge >= 0.3 is 0 Å². The quantitative estimate of drug-likeness (QED) is 0.806. The Hall–Kier alpha value is -0.940. The Balaban J connectivity index is 1.31. The molecule has 2 aliphatic rings. The molecule has 2 aliphatic heterocycles. The van der Waals surface area contributed by atoms with E-state index in [0.29, 0.717) is 6.10 Å². The van der Waals surface area contributed by atoms with E-state index in [2.05, 4.69) is 10.2 Å². The largest absolute Gasteiger partial charge is 0.387 e. The smallest absolute Gasteiger partial charge is 0.0916 e. The second-order valence-electron chi connectivity index (χ2n) is 7.32. The van der Waals surface area contributed by atoms with Crippen LogP contribution >= 0.6 is 0 Å². The zero-order valence-electron chi connectivity index (χ0n) is 14.7. The zero-order chi connectivity index (χ0) is 16.6. The van der Waals surface area contributed by atoms with E-state index in [1.54, 1.807) is 0 Å². The van der Waals surface area contributed by atoms with Crippen molar-refractivity contribution in [2.75, 3.05) is 39.3 Å². The van der Waals surface area contributed by atoms with Crippen LogP contribution in [0.3, 0.4) is 0 Å². The summed E-state index contributed by atoms with van der Waals surface area (Å²) < 4.78 is 5.77. The third-order valence-electron chi connectivity index (χ3n) is 5.40. The number of hydrogen-bond donors (Lipinski definition) is 2. The maximum absolute atomic E-state index is 10.4. The summed E-state index contributed by atoms with van der Waals surface area (Å²) in [4.78, 5) is 2.40. The summed E-state index contributed by atoms with van der Waals surface area (Å²) in [7, 11) is 0. The molecule has 2 N–H and O–H groups in total. The van der Waals surface area contributed by atoms with Crippen LogP contribution in [-0.4, -0.2) is 55.4 Å². The molecule has 0 aliphatic carbocycles. The van der Waals surface area contributed by atoms with E-state index in [4.69, 9.17) is 4.74 Å². The maximum atomic E-state index is 10.4. The summed E-state index contributed by atoms with van der Waals surface area (Å²) in [6.45, 7) is 5.99. The number of β-amino-alcohol motifs (C(OH)–C–C–N with tert-alkyl or cyclic N) is 1. The lowest BCUT2D eigenvalue weighted by atomic mass is 9.96. The highest BCUT2D eigenvalue weighted by atomic mass is 16.5. The minimum absolute atomic E-state index is 0.371. The van der Waals surface area contributed by atoms with Crippen molar-refractivity contribution in [1.29, 1.82) is 0 Å². The summed E-state index contributed by atoms with van der Waals surface area (Å²) in [5, 5.41) is 14.0. The Morgan fingerprint density at radius 2 is 1.88 bits per heavy atom. The minimum atomic E-state index is -0.371. The molecule has 1 aromatic rings. The molecule has 0 spiro atoms. The highest BCUT2D eigenvalue weighted by Gasteiger charge is 2.22. The molecule has 0 saturated carbocycles. The van der Waals surface area contributed by atoms with Crippen molar-refractivity contribution in [3.05, 3.63) is 35.9 Å². The van der Waals surface area contributed by atoms with Crippen molar-refractivity contribution in [3.8, 4) is 0 Å². The molecular weight excluding hydrogens is 300 g/mol. The molecule has 2 atom stereocenters. The molecule has 1 aromatic carbocycles. The van der Waals surface area contributed by atoms with Crippen LogP contribution in [0.25, 0.3) is 0 Å². The Bertz CT molecular complexity index is 454. The molecule has 3 rings (SSSR count). The van der Waals surface area contributed by atoms with Gasteiger partial charge in [-0.2, -0.15) is 0 Å². The first kappa shape index (κ1) is 17.9. The molecular formula is C20H32N2O2. The fourth-order valence-corrected chi connectivity index (χ4v) is 3.82. The molecule has 0 radical (unpaired) electrons. The average molecular weight is 332 g/mol. The van der Waals surface area contributed by atoms with Gasteiger partial charge in [-0.15, -0.1) is 0 Å². The van der Waals surface area contributed by atoms with E-state index < -0.39 is 0 Å². The van der Waals surface area contributed by atoms with Crippen LogP contribution < -0.4 is 5.32 Å². The van der Waals surface area contributed by atoms with E-state index in [0.717, 1.165) is 50.8 Å². The van der Waals surface area contributed by atoms with Gasteiger partial charge in [-0.25, -0.2) is 0 Å². The number of ether oxygens (including phenoxy) is 1. The number of benzene rings is 1. The van der Waals surface area contributed by atoms with Gasteiger partial charge in [0.1, 0.15) is 0 Å². The van der Waals surface area contributed by atoms with E-state index in [1.165, 1.54) is 32.1 Å². The van der Waals surface area contributed by atoms with E-state index in [-0.39, 0.29) is 6.10 Å². The van der Waals surface area contributed by atoms with Gasteiger partial charge in [-0.1, -0.05) is 30.3 Å². The van der Waals surface area contributed by atoms with Crippen molar-refractivity contribution in [3.63, 3.8) is 0 Å².